The molecule has 13 heteroatoms. The predicted octanol–water partition coefficient (Wildman–Crippen LogP) is 4.76. The monoisotopic (exact) mass is 666 g/mol. The summed E-state index contributed by atoms with van der Waals surface area (Å²) >= 11 is 0. The number of anilines is 1. The molecule has 5 N–H and O–H groups in total. The first kappa shape index (κ1) is 34.7. The highest BCUT2D eigenvalue weighted by atomic mass is 16.4. The summed E-state index contributed by atoms with van der Waals surface area (Å²) in [6.45, 7) is 5.51. The molecule has 1 aliphatic carbocycles. The zero-order valence-electron chi connectivity index (χ0n) is 27.7. The van der Waals surface area contributed by atoms with Crippen molar-refractivity contribution in [3.05, 3.63) is 83.9 Å². The molecule has 5 rings (SSSR count). The summed E-state index contributed by atoms with van der Waals surface area (Å²) in [6.07, 6.45) is 1.87. The Morgan fingerprint density at radius 3 is 2.20 bits per heavy atom. The molecule has 1 fully saturated rings. The van der Waals surface area contributed by atoms with Crippen LogP contribution in [0.1, 0.15) is 55.5 Å². The van der Waals surface area contributed by atoms with Gasteiger partial charge in [-0.15, -0.1) is 10.2 Å². The molecule has 3 aromatic carbocycles. The molecule has 13 nitrogen and oxygen atoms in total. The number of carbonyl (C=O) groups is 4. The van der Waals surface area contributed by atoms with Gasteiger partial charge in [0, 0.05) is 48.8 Å². The fourth-order valence-electron chi connectivity index (χ4n) is 6.23. The van der Waals surface area contributed by atoms with Crippen LogP contribution in [0.25, 0.3) is 22.5 Å². The van der Waals surface area contributed by atoms with Crippen LogP contribution in [0.5, 0.6) is 0 Å². The van der Waals surface area contributed by atoms with Crippen molar-refractivity contribution in [2.75, 3.05) is 25.0 Å². The number of tetrazole rings is 1. The highest BCUT2D eigenvalue weighted by Gasteiger charge is 2.30. The van der Waals surface area contributed by atoms with Gasteiger partial charge in [-0.2, -0.15) is 5.21 Å². The van der Waals surface area contributed by atoms with E-state index in [1.54, 1.807) is 29.2 Å². The number of rotatable bonds is 13. The average Bonchev–Trinajstić information content (AvgIpc) is 3.67. The molecular weight excluding hydrogens is 624 g/mol. The normalized spacial score (nSPS) is 16.3. The van der Waals surface area contributed by atoms with Crippen LogP contribution in [0.15, 0.2) is 72.8 Å². The molecule has 256 valence electrons. The standard InChI is InChI=1S/C36H42N8O5/c1-3-44(4-2)35(47)30-8-6-5-7-29(30)25-13-9-23(10-14-25)21-31(39-33(45)27-15-11-24(12-16-27)22-37-36(48)49)34(46)38-28-19-17-26(18-20-28)32-40-42-43-41-32/h5-10,13-14,17-20,24,27,31,37H,3-4,11-12,15-16,21-22H2,1-2H3,(H,38,46)(H,39,45)(H,48,49)(H,40,41,42,43)/t24?,27?,31-/m0/s1. The summed E-state index contributed by atoms with van der Waals surface area (Å²) in [5.41, 5.74) is 4.45. The van der Waals surface area contributed by atoms with Crippen LogP contribution in [0, 0.1) is 11.8 Å². The summed E-state index contributed by atoms with van der Waals surface area (Å²) in [5, 5.41) is 31.2. The molecule has 1 heterocycles. The lowest BCUT2D eigenvalue weighted by Gasteiger charge is -2.29. The Balaban J connectivity index is 1.31. The molecule has 1 saturated carbocycles. The van der Waals surface area contributed by atoms with Gasteiger partial charge in [0.05, 0.1) is 0 Å². The molecule has 0 spiro atoms. The third kappa shape index (κ3) is 9.06. The Morgan fingerprint density at radius 2 is 1.57 bits per heavy atom. The van der Waals surface area contributed by atoms with Gasteiger partial charge in [0.2, 0.25) is 17.6 Å². The molecule has 0 bridgehead atoms. The van der Waals surface area contributed by atoms with Crippen LogP contribution >= 0.6 is 0 Å². The second-order valence-electron chi connectivity index (χ2n) is 12.2. The number of aromatic amines is 1. The molecule has 1 aliphatic rings. The molecule has 1 atom stereocenters. The van der Waals surface area contributed by atoms with Gasteiger partial charge in [-0.05, 0) is 97.7 Å². The molecule has 4 amide bonds. The average molecular weight is 667 g/mol. The van der Waals surface area contributed by atoms with Crippen molar-refractivity contribution >= 4 is 29.5 Å². The third-order valence-corrected chi connectivity index (χ3v) is 9.06. The zero-order valence-corrected chi connectivity index (χ0v) is 27.7. The van der Waals surface area contributed by atoms with Crippen molar-refractivity contribution < 1.29 is 24.3 Å². The van der Waals surface area contributed by atoms with Crippen molar-refractivity contribution in [2.45, 2.75) is 52.0 Å². The van der Waals surface area contributed by atoms with Gasteiger partial charge >= 0.3 is 6.09 Å². The Kier molecular flexibility index (Phi) is 11.7. The summed E-state index contributed by atoms with van der Waals surface area (Å²) in [5.74, 6) is -0.243. The first-order chi connectivity index (χ1) is 23.7. The minimum absolute atomic E-state index is 0.0263. The molecule has 0 aliphatic heterocycles. The quantitative estimate of drug-likeness (QED) is 0.135. The minimum atomic E-state index is -1.05. The van der Waals surface area contributed by atoms with Crippen LogP contribution < -0.4 is 16.0 Å². The number of benzene rings is 3. The van der Waals surface area contributed by atoms with Gasteiger partial charge in [0.1, 0.15) is 6.04 Å². The van der Waals surface area contributed by atoms with E-state index < -0.39 is 12.1 Å². The van der Waals surface area contributed by atoms with Crippen LogP contribution in [0.3, 0.4) is 0 Å². The van der Waals surface area contributed by atoms with Gasteiger partial charge in [-0.1, -0.05) is 42.5 Å². The van der Waals surface area contributed by atoms with Crippen molar-refractivity contribution in [3.8, 4) is 22.5 Å². The molecule has 0 unspecified atom stereocenters. The van der Waals surface area contributed by atoms with Gasteiger partial charge < -0.3 is 26.0 Å². The van der Waals surface area contributed by atoms with E-state index in [9.17, 15) is 19.2 Å². The fourth-order valence-corrected chi connectivity index (χ4v) is 6.23. The summed E-state index contributed by atoms with van der Waals surface area (Å²) in [4.78, 5) is 53.1. The minimum Gasteiger partial charge on any atom is -0.465 e. The maximum Gasteiger partial charge on any atom is 0.404 e. The number of nitrogens with zero attached hydrogens (tertiary/aromatic N) is 4. The molecular formula is C36H42N8O5. The van der Waals surface area contributed by atoms with Crippen molar-refractivity contribution in [2.24, 2.45) is 11.8 Å². The lowest BCUT2D eigenvalue weighted by molar-refractivity contribution is -0.130. The Labute approximate surface area is 284 Å². The van der Waals surface area contributed by atoms with E-state index in [1.165, 1.54) is 0 Å². The van der Waals surface area contributed by atoms with E-state index in [0.717, 1.165) is 35.1 Å². The predicted molar refractivity (Wildman–Crippen MR) is 184 cm³/mol. The first-order valence-electron chi connectivity index (χ1n) is 16.6. The summed E-state index contributed by atoms with van der Waals surface area (Å²) in [7, 11) is 0. The van der Waals surface area contributed by atoms with E-state index in [0.29, 0.717) is 49.6 Å². The van der Waals surface area contributed by atoms with Crippen LogP contribution in [-0.4, -0.2) is 80.1 Å². The lowest BCUT2D eigenvalue weighted by atomic mass is 9.81. The number of hydrogen-bond donors (Lipinski definition) is 5. The van der Waals surface area contributed by atoms with Gasteiger partial charge in [0.25, 0.3) is 5.91 Å². The highest BCUT2D eigenvalue weighted by molar-refractivity contribution is 6.01. The van der Waals surface area contributed by atoms with Crippen molar-refractivity contribution in [3.63, 3.8) is 0 Å². The molecule has 1 aromatic heterocycles. The zero-order chi connectivity index (χ0) is 34.8. The van der Waals surface area contributed by atoms with Gasteiger partial charge in [-0.25, -0.2) is 4.79 Å². The second kappa shape index (κ2) is 16.5. The SMILES string of the molecule is CCN(CC)C(=O)c1ccccc1-c1ccc(C[C@H](NC(=O)C2CCC(CNC(=O)O)CC2)C(=O)Nc2ccc(-c3nn[nH]n3)cc2)cc1. The van der Waals surface area contributed by atoms with Crippen LogP contribution in [0.4, 0.5) is 10.5 Å². The smallest absolute Gasteiger partial charge is 0.404 e. The van der Waals surface area contributed by atoms with Crippen molar-refractivity contribution in [1.29, 1.82) is 0 Å². The third-order valence-electron chi connectivity index (χ3n) is 9.06. The first-order valence-corrected chi connectivity index (χ1v) is 16.6. The van der Waals surface area contributed by atoms with E-state index in [1.807, 2.05) is 62.4 Å². The van der Waals surface area contributed by atoms with E-state index in [4.69, 9.17) is 5.11 Å². The number of carbonyl (C=O) groups excluding carboxylic acids is 3. The Hall–Kier alpha value is -5.59. The maximum atomic E-state index is 13.7. The Bertz CT molecular complexity index is 1720. The lowest BCUT2D eigenvalue weighted by Crippen LogP contribution is -2.48. The fraction of sp³-hybridized carbons (Fsp3) is 0.361. The molecule has 0 saturated heterocycles. The van der Waals surface area contributed by atoms with Gasteiger partial charge in [0.15, 0.2) is 0 Å². The number of carboxylic acid groups (broad SMARTS) is 1. The van der Waals surface area contributed by atoms with E-state index >= 15 is 0 Å². The second-order valence-corrected chi connectivity index (χ2v) is 12.2. The number of aromatic nitrogens is 4. The number of nitrogens with one attached hydrogen (secondary N) is 4. The van der Waals surface area contributed by atoms with Gasteiger partial charge in [-0.3, -0.25) is 14.4 Å². The number of hydrogen-bond acceptors (Lipinski definition) is 7. The molecule has 4 aromatic rings. The maximum absolute atomic E-state index is 13.7. The van der Waals surface area contributed by atoms with Crippen LogP contribution in [0.2, 0.25) is 0 Å². The highest BCUT2D eigenvalue weighted by Crippen LogP contribution is 2.29. The number of amides is 4. The Morgan fingerprint density at radius 1 is 0.898 bits per heavy atom. The molecule has 49 heavy (non-hydrogen) atoms. The largest absolute Gasteiger partial charge is 0.465 e. The van der Waals surface area contributed by atoms with E-state index in [2.05, 4.69) is 36.6 Å². The topological polar surface area (TPSA) is 182 Å². The summed E-state index contributed by atoms with van der Waals surface area (Å²) < 4.78 is 0. The molecule has 0 radical (unpaired) electrons. The number of H-pyrrole nitrogens is 1. The van der Waals surface area contributed by atoms with Crippen molar-refractivity contribution in [1.82, 2.24) is 36.2 Å². The summed E-state index contributed by atoms with van der Waals surface area (Å²) in [6, 6.07) is 21.4. The van der Waals surface area contributed by atoms with Crippen LogP contribution in [-0.2, 0) is 16.0 Å². The van der Waals surface area contributed by atoms with E-state index in [-0.39, 0.29) is 36.0 Å².